The zero-order valence-corrected chi connectivity index (χ0v) is 9.89. The number of thiocarbonyl (C=S) groups is 1. The Hall–Kier alpha value is -1.70. The van der Waals surface area contributed by atoms with Crippen LogP contribution in [0.5, 0.6) is 0 Å². The number of nitrogens with zero attached hydrogens (tertiary/aromatic N) is 1. The van der Waals surface area contributed by atoms with Crippen LogP contribution in [0.3, 0.4) is 0 Å². The maximum atomic E-state index is 11.4. The van der Waals surface area contributed by atoms with Crippen LogP contribution in [-0.2, 0) is 14.4 Å². The predicted octanol–water partition coefficient (Wildman–Crippen LogP) is -2.41. The summed E-state index contributed by atoms with van der Waals surface area (Å²) in [6.45, 7) is -0.233. The summed E-state index contributed by atoms with van der Waals surface area (Å²) in [6, 6.07) is 0. The summed E-state index contributed by atoms with van der Waals surface area (Å²) in [5.74, 6) is -2.03. The fourth-order valence-corrected chi connectivity index (χ4v) is 0.855. The molecule has 3 amide bonds. The summed E-state index contributed by atoms with van der Waals surface area (Å²) in [6.07, 6.45) is 0. The largest absolute Gasteiger partial charge is 0.392 e. The summed E-state index contributed by atoms with van der Waals surface area (Å²) >= 11 is 4.53. The number of hydrogen-bond acceptors (Lipinski definition) is 4. The first-order chi connectivity index (χ1) is 7.38. The fourth-order valence-electron chi connectivity index (χ4n) is 0.783. The van der Waals surface area contributed by atoms with E-state index in [1.807, 2.05) is 0 Å². The number of amides is 3. The van der Waals surface area contributed by atoms with Crippen molar-refractivity contribution in [2.45, 2.75) is 0 Å². The molecule has 0 unspecified atom stereocenters. The summed E-state index contributed by atoms with van der Waals surface area (Å²) in [5.41, 5.74) is 5.15. The second kappa shape index (κ2) is 6.72. The Morgan fingerprint density at radius 1 is 1.38 bits per heavy atom. The Morgan fingerprint density at radius 2 is 1.94 bits per heavy atom. The SMILES string of the molecule is CNC(=O)CN(C)C(=O)C(=O)NCC(N)=S. The first-order valence-electron chi connectivity index (χ1n) is 4.40. The van der Waals surface area contributed by atoms with Crippen molar-refractivity contribution in [1.82, 2.24) is 15.5 Å². The third-order valence-electron chi connectivity index (χ3n) is 1.62. The van der Waals surface area contributed by atoms with Crippen LogP contribution in [0, 0.1) is 0 Å². The molecule has 0 aliphatic rings. The Balaban J connectivity index is 4.16. The average Bonchev–Trinajstić information content (AvgIpc) is 2.24. The third-order valence-corrected chi connectivity index (χ3v) is 1.77. The van der Waals surface area contributed by atoms with Gasteiger partial charge in [-0.05, 0) is 0 Å². The van der Waals surface area contributed by atoms with E-state index in [9.17, 15) is 14.4 Å². The molecule has 0 aliphatic heterocycles. The van der Waals surface area contributed by atoms with Crippen molar-refractivity contribution in [3.63, 3.8) is 0 Å². The van der Waals surface area contributed by atoms with Gasteiger partial charge in [-0.25, -0.2) is 0 Å². The van der Waals surface area contributed by atoms with Gasteiger partial charge in [-0.1, -0.05) is 12.2 Å². The number of carbonyl (C=O) groups is 3. The molecular formula is C8H14N4O3S. The van der Waals surface area contributed by atoms with Gasteiger partial charge in [0.15, 0.2) is 0 Å². The normalized spacial score (nSPS) is 9.12. The zero-order valence-electron chi connectivity index (χ0n) is 9.07. The summed E-state index contributed by atoms with van der Waals surface area (Å²) in [7, 11) is 2.78. The predicted molar refractivity (Wildman–Crippen MR) is 61.5 cm³/mol. The van der Waals surface area contributed by atoms with Crippen molar-refractivity contribution < 1.29 is 14.4 Å². The molecule has 0 aromatic carbocycles. The molecule has 0 bridgehead atoms. The van der Waals surface area contributed by atoms with E-state index in [0.29, 0.717) is 0 Å². The topological polar surface area (TPSA) is 105 Å². The number of likely N-dealkylation sites (N-methyl/N-ethyl adjacent to an activating group) is 2. The molecule has 0 aromatic heterocycles. The summed E-state index contributed by atoms with van der Waals surface area (Å²) in [4.78, 5) is 34.6. The molecule has 0 aromatic rings. The van der Waals surface area contributed by atoms with Crippen LogP contribution in [0.15, 0.2) is 0 Å². The third kappa shape index (κ3) is 5.25. The molecule has 0 rings (SSSR count). The molecule has 0 spiro atoms. The van der Waals surface area contributed by atoms with E-state index in [-0.39, 0.29) is 24.0 Å². The lowest BCUT2D eigenvalue weighted by atomic mass is 10.4. The smallest absolute Gasteiger partial charge is 0.312 e. The van der Waals surface area contributed by atoms with E-state index in [2.05, 4.69) is 22.9 Å². The highest BCUT2D eigenvalue weighted by Gasteiger charge is 2.19. The molecule has 16 heavy (non-hydrogen) atoms. The van der Waals surface area contributed by atoms with Crippen LogP contribution in [0.25, 0.3) is 0 Å². The van der Waals surface area contributed by atoms with E-state index >= 15 is 0 Å². The molecule has 4 N–H and O–H groups in total. The highest BCUT2D eigenvalue weighted by atomic mass is 32.1. The molecule has 0 heterocycles. The van der Waals surface area contributed by atoms with E-state index in [1.165, 1.54) is 14.1 Å². The number of hydrogen-bond donors (Lipinski definition) is 3. The van der Waals surface area contributed by atoms with Crippen molar-refractivity contribution >= 4 is 34.9 Å². The van der Waals surface area contributed by atoms with Crippen LogP contribution in [0.2, 0.25) is 0 Å². The molecular weight excluding hydrogens is 232 g/mol. The van der Waals surface area contributed by atoms with Crippen molar-refractivity contribution in [2.75, 3.05) is 27.2 Å². The molecule has 0 fully saturated rings. The molecule has 0 saturated heterocycles. The van der Waals surface area contributed by atoms with Gasteiger partial charge in [0.2, 0.25) is 5.91 Å². The maximum Gasteiger partial charge on any atom is 0.312 e. The quantitative estimate of drug-likeness (QED) is 0.379. The van der Waals surface area contributed by atoms with E-state index in [1.54, 1.807) is 0 Å². The molecule has 8 heteroatoms. The lowest BCUT2D eigenvalue weighted by molar-refractivity contribution is -0.146. The van der Waals surface area contributed by atoms with Gasteiger partial charge in [-0.2, -0.15) is 0 Å². The van der Waals surface area contributed by atoms with Gasteiger partial charge in [0, 0.05) is 14.1 Å². The van der Waals surface area contributed by atoms with Crippen molar-refractivity contribution in [2.24, 2.45) is 5.73 Å². The van der Waals surface area contributed by atoms with E-state index in [0.717, 1.165) is 4.90 Å². The van der Waals surface area contributed by atoms with Gasteiger partial charge < -0.3 is 21.3 Å². The Morgan fingerprint density at radius 3 is 2.38 bits per heavy atom. The molecule has 7 nitrogen and oxygen atoms in total. The highest BCUT2D eigenvalue weighted by molar-refractivity contribution is 7.80. The van der Waals surface area contributed by atoms with Gasteiger partial charge in [-0.3, -0.25) is 14.4 Å². The van der Waals surface area contributed by atoms with Crippen LogP contribution in [-0.4, -0.2) is 54.8 Å². The second-order valence-corrected chi connectivity index (χ2v) is 3.51. The van der Waals surface area contributed by atoms with Crippen molar-refractivity contribution in [3.8, 4) is 0 Å². The van der Waals surface area contributed by atoms with Crippen molar-refractivity contribution in [3.05, 3.63) is 0 Å². The standard InChI is InChI=1S/C8H14N4O3S/c1-10-6(13)4-12(2)8(15)7(14)11-3-5(9)16/h3-4H2,1-2H3,(H2,9,16)(H,10,13)(H,11,14). The molecule has 90 valence electrons. The van der Waals surface area contributed by atoms with Gasteiger partial charge in [0.05, 0.1) is 18.1 Å². The highest BCUT2D eigenvalue weighted by Crippen LogP contribution is 1.85. The Kier molecular flexibility index (Phi) is 6.01. The minimum absolute atomic E-state index is 0.0479. The molecule has 0 saturated carbocycles. The van der Waals surface area contributed by atoms with E-state index in [4.69, 9.17) is 5.73 Å². The number of carbonyl (C=O) groups excluding carboxylic acids is 3. The van der Waals surface area contributed by atoms with Gasteiger partial charge in [-0.15, -0.1) is 0 Å². The van der Waals surface area contributed by atoms with Crippen LogP contribution >= 0.6 is 12.2 Å². The van der Waals surface area contributed by atoms with Gasteiger partial charge in [0.1, 0.15) is 0 Å². The number of rotatable bonds is 4. The lowest BCUT2D eigenvalue weighted by Gasteiger charge is -2.15. The van der Waals surface area contributed by atoms with Crippen molar-refractivity contribution in [1.29, 1.82) is 0 Å². The Bertz CT molecular complexity index is 318. The molecule has 0 radical (unpaired) electrons. The fraction of sp³-hybridized carbons (Fsp3) is 0.500. The number of nitrogens with two attached hydrogens (primary N) is 1. The van der Waals surface area contributed by atoms with E-state index < -0.39 is 11.8 Å². The molecule has 0 atom stereocenters. The summed E-state index contributed by atoms with van der Waals surface area (Å²) in [5, 5.41) is 4.56. The summed E-state index contributed by atoms with van der Waals surface area (Å²) < 4.78 is 0. The van der Waals surface area contributed by atoms with Crippen LogP contribution in [0.4, 0.5) is 0 Å². The zero-order chi connectivity index (χ0) is 12.7. The van der Waals surface area contributed by atoms with Gasteiger partial charge >= 0.3 is 11.8 Å². The average molecular weight is 246 g/mol. The lowest BCUT2D eigenvalue weighted by Crippen LogP contribution is -2.46. The first kappa shape index (κ1) is 14.3. The van der Waals surface area contributed by atoms with Crippen LogP contribution < -0.4 is 16.4 Å². The minimum atomic E-state index is -0.848. The molecule has 0 aliphatic carbocycles. The minimum Gasteiger partial charge on any atom is -0.392 e. The monoisotopic (exact) mass is 246 g/mol. The Labute approximate surface area is 98.3 Å². The first-order valence-corrected chi connectivity index (χ1v) is 4.81. The van der Waals surface area contributed by atoms with Gasteiger partial charge in [0.25, 0.3) is 0 Å². The maximum absolute atomic E-state index is 11.4. The van der Waals surface area contributed by atoms with Crippen LogP contribution in [0.1, 0.15) is 0 Å². The second-order valence-electron chi connectivity index (χ2n) is 2.98. The number of nitrogens with one attached hydrogen (secondary N) is 2.